The molecule has 0 radical (unpaired) electrons. The average Bonchev–Trinajstić information content (AvgIpc) is 2.12. The zero-order valence-corrected chi connectivity index (χ0v) is 12.0. The summed E-state index contributed by atoms with van der Waals surface area (Å²) in [6.07, 6.45) is 0. The third kappa shape index (κ3) is 3.77. The maximum Gasteiger partial charge on any atom is 0.242 e. The van der Waals surface area contributed by atoms with Crippen molar-refractivity contribution in [1.82, 2.24) is 4.72 Å². The highest BCUT2D eigenvalue weighted by Gasteiger charge is 2.27. The lowest BCUT2D eigenvalue weighted by Crippen LogP contribution is -2.41. The molecule has 1 aromatic carbocycles. The van der Waals surface area contributed by atoms with Gasteiger partial charge in [0.1, 0.15) is 9.79 Å². The van der Waals surface area contributed by atoms with Crippen molar-refractivity contribution in [2.24, 2.45) is 5.14 Å². The van der Waals surface area contributed by atoms with Gasteiger partial charge in [-0.05, 0) is 32.9 Å². The van der Waals surface area contributed by atoms with Gasteiger partial charge < -0.3 is 0 Å². The minimum Gasteiger partial charge on any atom is -0.225 e. The number of nitrogens with two attached hydrogens (primary N) is 1. The van der Waals surface area contributed by atoms with Crippen LogP contribution in [0.15, 0.2) is 34.1 Å². The molecular weight excluding hydrogens is 276 g/mol. The Morgan fingerprint density at radius 1 is 1.00 bits per heavy atom. The van der Waals surface area contributed by atoms with Crippen LogP contribution in [0.1, 0.15) is 20.8 Å². The molecule has 0 bridgehead atoms. The summed E-state index contributed by atoms with van der Waals surface area (Å²) in [5.74, 6) is 0. The third-order valence-corrected chi connectivity index (χ3v) is 4.80. The van der Waals surface area contributed by atoms with Crippen molar-refractivity contribution in [3.63, 3.8) is 0 Å². The molecule has 0 saturated heterocycles. The van der Waals surface area contributed by atoms with E-state index in [1.165, 1.54) is 18.2 Å². The second-order valence-corrected chi connectivity index (χ2v) is 8.03. The van der Waals surface area contributed by atoms with Crippen LogP contribution in [0.3, 0.4) is 0 Å². The fraction of sp³-hybridized carbons (Fsp3) is 0.400. The highest BCUT2D eigenvalue weighted by atomic mass is 32.2. The molecule has 0 heterocycles. The highest BCUT2D eigenvalue weighted by Crippen LogP contribution is 2.20. The number of hydrogen-bond donors (Lipinski definition) is 2. The topological polar surface area (TPSA) is 106 Å². The maximum atomic E-state index is 12.1. The molecule has 3 N–H and O–H groups in total. The quantitative estimate of drug-likeness (QED) is 0.841. The first-order valence-corrected chi connectivity index (χ1v) is 8.12. The van der Waals surface area contributed by atoms with E-state index in [-0.39, 0.29) is 4.90 Å². The lowest BCUT2D eigenvalue weighted by atomic mass is 10.1. The summed E-state index contributed by atoms with van der Waals surface area (Å²) < 4.78 is 49.2. The monoisotopic (exact) mass is 292 g/mol. The van der Waals surface area contributed by atoms with Crippen LogP contribution in [-0.4, -0.2) is 22.4 Å². The van der Waals surface area contributed by atoms with Crippen molar-refractivity contribution in [2.45, 2.75) is 36.1 Å². The molecule has 0 aromatic heterocycles. The number of benzene rings is 1. The smallest absolute Gasteiger partial charge is 0.225 e. The second-order valence-electron chi connectivity index (χ2n) is 4.85. The zero-order valence-electron chi connectivity index (χ0n) is 10.3. The van der Waals surface area contributed by atoms with Gasteiger partial charge in [0.25, 0.3) is 0 Å². The van der Waals surface area contributed by atoms with Gasteiger partial charge in [0.05, 0.1) is 0 Å². The third-order valence-electron chi connectivity index (χ3n) is 1.89. The van der Waals surface area contributed by atoms with E-state index in [0.29, 0.717) is 0 Å². The molecular formula is C10H16N2O4S2. The van der Waals surface area contributed by atoms with Gasteiger partial charge in [-0.25, -0.2) is 26.7 Å². The minimum absolute atomic E-state index is 0.345. The van der Waals surface area contributed by atoms with Gasteiger partial charge in [0, 0.05) is 5.54 Å². The molecule has 0 fully saturated rings. The Balaban J connectivity index is 3.44. The highest BCUT2D eigenvalue weighted by molar-refractivity contribution is 7.92. The van der Waals surface area contributed by atoms with Gasteiger partial charge in [0.15, 0.2) is 0 Å². The van der Waals surface area contributed by atoms with E-state index in [0.717, 1.165) is 6.07 Å². The first-order chi connectivity index (χ1) is 7.93. The molecule has 1 rings (SSSR count). The van der Waals surface area contributed by atoms with Crippen molar-refractivity contribution in [3.8, 4) is 0 Å². The molecule has 6 nitrogen and oxygen atoms in total. The lowest BCUT2D eigenvalue weighted by Gasteiger charge is -2.21. The van der Waals surface area contributed by atoms with E-state index in [1.54, 1.807) is 20.8 Å². The SMILES string of the molecule is CC(C)(C)NS(=O)(=O)c1ccccc1S(N)(=O)=O. The van der Waals surface area contributed by atoms with Crippen LogP contribution >= 0.6 is 0 Å². The number of hydrogen-bond acceptors (Lipinski definition) is 4. The Hall–Kier alpha value is -0.960. The summed E-state index contributed by atoms with van der Waals surface area (Å²) in [5.41, 5.74) is -0.718. The minimum atomic E-state index is -4.09. The zero-order chi connectivity index (χ0) is 14.2. The van der Waals surface area contributed by atoms with Gasteiger partial charge in [-0.2, -0.15) is 0 Å². The van der Waals surface area contributed by atoms with Gasteiger partial charge in [-0.15, -0.1) is 0 Å². The average molecular weight is 292 g/mol. The Kier molecular flexibility index (Phi) is 3.87. The Morgan fingerprint density at radius 3 is 1.83 bits per heavy atom. The molecule has 0 atom stereocenters. The fourth-order valence-electron chi connectivity index (χ4n) is 1.37. The summed E-state index contributed by atoms with van der Waals surface area (Å²) in [4.78, 5) is -0.760. The van der Waals surface area contributed by atoms with Crippen LogP contribution in [-0.2, 0) is 20.0 Å². The van der Waals surface area contributed by atoms with Crippen LogP contribution in [0, 0.1) is 0 Å². The van der Waals surface area contributed by atoms with Crippen molar-refractivity contribution < 1.29 is 16.8 Å². The van der Waals surface area contributed by atoms with Crippen molar-refractivity contribution >= 4 is 20.0 Å². The van der Waals surface area contributed by atoms with E-state index in [2.05, 4.69) is 4.72 Å². The van der Waals surface area contributed by atoms with Crippen LogP contribution in [0.5, 0.6) is 0 Å². The first kappa shape index (κ1) is 15.1. The summed E-state index contributed by atoms with van der Waals surface area (Å²) >= 11 is 0. The van der Waals surface area contributed by atoms with Crippen molar-refractivity contribution in [3.05, 3.63) is 24.3 Å². The molecule has 0 saturated carbocycles. The molecule has 0 spiro atoms. The van der Waals surface area contributed by atoms with Gasteiger partial charge in [0.2, 0.25) is 20.0 Å². The largest absolute Gasteiger partial charge is 0.242 e. The molecule has 1 aromatic rings. The molecule has 8 heteroatoms. The molecule has 0 aliphatic rings. The van der Waals surface area contributed by atoms with E-state index >= 15 is 0 Å². The molecule has 0 aliphatic carbocycles. The first-order valence-electron chi connectivity index (χ1n) is 5.09. The molecule has 18 heavy (non-hydrogen) atoms. The fourth-order valence-corrected chi connectivity index (χ4v) is 4.17. The molecule has 0 aliphatic heterocycles. The van der Waals surface area contributed by atoms with Gasteiger partial charge in [-0.3, -0.25) is 0 Å². The van der Waals surface area contributed by atoms with Crippen LogP contribution in [0.25, 0.3) is 0 Å². The lowest BCUT2D eigenvalue weighted by molar-refractivity contribution is 0.490. The molecule has 0 unspecified atom stereocenters. The van der Waals surface area contributed by atoms with Crippen LogP contribution in [0.2, 0.25) is 0 Å². The number of rotatable bonds is 3. The van der Waals surface area contributed by atoms with Crippen molar-refractivity contribution in [2.75, 3.05) is 0 Å². The Labute approximate surface area is 107 Å². The summed E-state index contributed by atoms with van der Waals surface area (Å²) in [5, 5.41) is 5.00. The van der Waals surface area contributed by atoms with E-state index < -0.39 is 30.5 Å². The van der Waals surface area contributed by atoms with E-state index in [1.807, 2.05) is 0 Å². The standard InChI is InChI=1S/C10H16N2O4S2/c1-10(2,3)12-18(15,16)9-7-5-4-6-8(9)17(11,13)14/h4-7,12H,1-3H3,(H2,11,13,14). The number of sulfonamides is 2. The maximum absolute atomic E-state index is 12.1. The van der Waals surface area contributed by atoms with E-state index in [9.17, 15) is 16.8 Å². The predicted octanol–water partition coefficient (Wildman–Crippen LogP) is 0.411. The van der Waals surface area contributed by atoms with Gasteiger partial charge in [-0.1, -0.05) is 12.1 Å². The number of primary sulfonamides is 1. The predicted molar refractivity (Wildman–Crippen MR) is 67.9 cm³/mol. The Bertz CT molecular complexity index is 643. The summed E-state index contributed by atoms with van der Waals surface area (Å²) in [6.45, 7) is 4.97. The van der Waals surface area contributed by atoms with Crippen LogP contribution in [0.4, 0.5) is 0 Å². The molecule has 0 amide bonds. The summed E-state index contributed by atoms with van der Waals surface area (Å²) in [7, 11) is -8.03. The second kappa shape index (κ2) is 4.61. The molecule has 102 valence electrons. The van der Waals surface area contributed by atoms with E-state index in [4.69, 9.17) is 5.14 Å². The normalized spacial score (nSPS) is 13.6. The summed E-state index contributed by atoms with van der Waals surface area (Å²) in [6, 6.07) is 5.21. The van der Waals surface area contributed by atoms with Crippen molar-refractivity contribution in [1.29, 1.82) is 0 Å². The van der Waals surface area contributed by atoms with Crippen LogP contribution < -0.4 is 9.86 Å². The van der Waals surface area contributed by atoms with Gasteiger partial charge >= 0.3 is 0 Å². The number of nitrogens with one attached hydrogen (secondary N) is 1. The Morgan fingerprint density at radius 2 is 1.44 bits per heavy atom.